The van der Waals surface area contributed by atoms with E-state index in [0.29, 0.717) is 37.0 Å². The standard InChI is InChI=1S/C21H30N4O4/c1-7-17-19(25-11-15(28-5)10-14(25)12-27-4)21(26)24(3)20(23-17)16-8-9-18(29-6)22-13(16)2/h8-9,14-15H,7,10-12H2,1-6H3/t14-,15+/m0/s1. The third-order valence-electron chi connectivity index (χ3n) is 5.54. The summed E-state index contributed by atoms with van der Waals surface area (Å²) in [5.41, 5.74) is 2.92. The first kappa shape index (κ1) is 21.3. The van der Waals surface area contributed by atoms with Crippen LogP contribution < -0.4 is 15.2 Å². The summed E-state index contributed by atoms with van der Waals surface area (Å²) in [5.74, 6) is 1.14. The van der Waals surface area contributed by atoms with Gasteiger partial charge in [-0.3, -0.25) is 9.36 Å². The molecule has 0 amide bonds. The van der Waals surface area contributed by atoms with Gasteiger partial charge >= 0.3 is 0 Å². The summed E-state index contributed by atoms with van der Waals surface area (Å²) in [6.07, 6.45) is 1.53. The van der Waals surface area contributed by atoms with E-state index in [0.717, 1.165) is 23.4 Å². The van der Waals surface area contributed by atoms with Crippen molar-refractivity contribution < 1.29 is 14.2 Å². The van der Waals surface area contributed by atoms with Gasteiger partial charge in [0.15, 0.2) is 0 Å². The van der Waals surface area contributed by atoms with E-state index in [9.17, 15) is 4.79 Å². The van der Waals surface area contributed by atoms with Crippen molar-refractivity contribution in [2.24, 2.45) is 7.05 Å². The lowest BCUT2D eigenvalue weighted by atomic mass is 10.1. The number of hydrogen-bond donors (Lipinski definition) is 0. The van der Waals surface area contributed by atoms with Crippen LogP contribution in [0, 0.1) is 6.92 Å². The lowest BCUT2D eigenvalue weighted by Crippen LogP contribution is -2.40. The largest absolute Gasteiger partial charge is 0.481 e. The van der Waals surface area contributed by atoms with Crippen LogP contribution >= 0.6 is 0 Å². The smallest absolute Gasteiger partial charge is 0.277 e. The molecule has 0 spiro atoms. The SMILES string of the molecule is CCc1nc(-c2ccc(OC)nc2C)n(C)c(=O)c1N1C[C@H](OC)C[C@H]1COC. The van der Waals surface area contributed by atoms with Crippen LogP contribution in [0.4, 0.5) is 5.69 Å². The Labute approximate surface area is 171 Å². The molecule has 2 aromatic rings. The molecule has 158 valence electrons. The Morgan fingerprint density at radius 3 is 2.55 bits per heavy atom. The third-order valence-corrected chi connectivity index (χ3v) is 5.54. The molecule has 0 aromatic carbocycles. The average Bonchev–Trinajstić information content (AvgIpc) is 3.12. The number of hydrogen-bond acceptors (Lipinski definition) is 7. The van der Waals surface area contributed by atoms with E-state index < -0.39 is 0 Å². The van der Waals surface area contributed by atoms with Crippen LogP contribution in [-0.4, -0.2) is 61.2 Å². The molecule has 0 bridgehead atoms. The van der Waals surface area contributed by atoms with Crippen LogP contribution in [0.25, 0.3) is 11.4 Å². The Kier molecular flexibility index (Phi) is 6.54. The molecule has 3 rings (SSSR count). The summed E-state index contributed by atoms with van der Waals surface area (Å²) in [5, 5.41) is 0. The number of rotatable bonds is 7. The summed E-state index contributed by atoms with van der Waals surface area (Å²) in [4.78, 5) is 24.9. The predicted molar refractivity (Wildman–Crippen MR) is 112 cm³/mol. The number of nitrogens with zero attached hydrogens (tertiary/aromatic N) is 4. The van der Waals surface area contributed by atoms with Crippen LogP contribution in [0.15, 0.2) is 16.9 Å². The Morgan fingerprint density at radius 2 is 1.97 bits per heavy atom. The molecule has 1 fully saturated rings. The second-order valence-electron chi connectivity index (χ2n) is 7.29. The van der Waals surface area contributed by atoms with Gasteiger partial charge in [0.1, 0.15) is 11.5 Å². The summed E-state index contributed by atoms with van der Waals surface area (Å²) in [6.45, 7) is 5.09. The molecular formula is C21H30N4O4. The molecule has 3 heterocycles. The molecule has 8 nitrogen and oxygen atoms in total. The second-order valence-corrected chi connectivity index (χ2v) is 7.29. The van der Waals surface area contributed by atoms with Crippen molar-refractivity contribution >= 4 is 5.69 Å². The molecule has 1 aliphatic rings. The van der Waals surface area contributed by atoms with Crippen LogP contribution in [-0.2, 0) is 22.9 Å². The topological polar surface area (TPSA) is 78.7 Å². The highest BCUT2D eigenvalue weighted by Gasteiger charge is 2.35. The summed E-state index contributed by atoms with van der Waals surface area (Å²) in [7, 11) is 6.72. The third kappa shape index (κ3) is 4.00. The lowest BCUT2D eigenvalue weighted by molar-refractivity contribution is 0.111. The minimum Gasteiger partial charge on any atom is -0.481 e. The number of pyridine rings is 1. The highest BCUT2D eigenvalue weighted by Crippen LogP contribution is 2.29. The maximum atomic E-state index is 13.5. The molecule has 8 heteroatoms. The summed E-state index contributed by atoms with van der Waals surface area (Å²) in [6, 6.07) is 3.76. The Morgan fingerprint density at radius 1 is 1.21 bits per heavy atom. The maximum Gasteiger partial charge on any atom is 0.277 e. The van der Waals surface area contributed by atoms with E-state index in [1.807, 2.05) is 19.9 Å². The number of aryl methyl sites for hydroxylation is 2. The fourth-order valence-electron chi connectivity index (χ4n) is 3.97. The van der Waals surface area contributed by atoms with E-state index in [-0.39, 0.29) is 17.7 Å². The van der Waals surface area contributed by atoms with Crippen LogP contribution in [0.1, 0.15) is 24.7 Å². The van der Waals surface area contributed by atoms with Gasteiger partial charge in [0.05, 0.1) is 37.3 Å². The normalized spacial score (nSPS) is 19.0. The monoisotopic (exact) mass is 402 g/mol. The quantitative estimate of drug-likeness (QED) is 0.700. The molecular weight excluding hydrogens is 372 g/mol. The van der Waals surface area contributed by atoms with Crippen molar-refractivity contribution in [2.75, 3.05) is 39.4 Å². The second kappa shape index (κ2) is 8.92. The van der Waals surface area contributed by atoms with E-state index >= 15 is 0 Å². The van der Waals surface area contributed by atoms with Crippen LogP contribution in [0.2, 0.25) is 0 Å². The average molecular weight is 402 g/mol. The van der Waals surface area contributed by atoms with Crippen molar-refractivity contribution in [3.8, 4) is 17.3 Å². The van der Waals surface area contributed by atoms with E-state index in [2.05, 4.69) is 9.88 Å². The molecule has 0 aliphatic carbocycles. The van der Waals surface area contributed by atoms with Gasteiger partial charge in [0.25, 0.3) is 5.56 Å². The first-order chi connectivity index (χ1) is 13.9. The molecule has 0 radical (unpaired) electrons. The molecule has 0 saturated carbocycles. The van der Waals surface area contributed by atoms with Crippen molar-refractivity contribution in [1.82, 2.24) is 14.5 Å². The molecule has 1 aliphatic heterocycles. The number of methoxy groups -OCH3 is 3. The van der Waals surface area contributed by atoms with Gasteiger partial charge in [-0.25, -0.2) is 9.97 Å². The first-order valence-corrected chi connectivity index (χ1v) is 9.85. The van der Waals surface area contributed by atoms with Gasteiger partial charge in [0.2, 0.25) is 5.88 Å². The van der Waals surface area contributed by atoms with E-state index in [1.165, 1.54) is 0 Å². The van der Waals surface area contributed by atoms with Gasteiger partial charge in [-0.15, -0.1) is 0 Å². The molecule has 2 atom stereocenters. The number of aromatic nitrogens is 3. The van der Waals surface area contributed by atoms with E-state index in [1.54, 1.807) is 39.0 Å². The van der Waals surface area contributed by atoms with Crippen molar-refractivity contribution in [3.05, 3.63) is 33.9 Å². The summed E-state index contributed by atoms with van der Waals surface area (Å²) < 4.78 is 17.8. The van der Waals surface area contributed by atoms with Crippen LogP contribution in [0.3, 0.4) is 0 Å². The van der Waals surface area contributed by atoms with Gasteiger partial charge in [-0.1, -0.05) is 6.92 Å². The fourth-order valence-corrected chi connectivity index (χ4v) is 3.97. The van der Waals surface area contributed by atoms with Crippen LogP contribution in [0.5, 0.6) is 5.88 Å². The number of ether oxygens (including phenoxy) is 3. The highest BCUT2D eigenvalue weighted by molar-refractivity contribution is 5.62. The molecule has 0 unspecified atom stereocenters. The zero-order chi connectivity index (χ0) is 21.1. The lowest BCUT2D eigenvalue weighted by Gasteiger charge is -2.28. The van der Waals surface area contributed by atoms with Crippen molar-refractivity contribution in [2.45, 2.75) is 38.8 Å². The first-order valence-electron chi connectivity index (χ1n) is 9.85. The van der Waals surface area contributed by atoms with Gasteiger partial charge in [0, 0.05) is 39.4 Å². The zero-order valence-corrected chi connectivity index (χ0v) is 18.1. The van der Waals surface area contributed by atoms with Crippen molar-refractivity contribution in [1.29, 1.82) is 0 Å². The predicted octanol–water partition coefficient (Wildman–Crippen LogP) is 1.96. The molecule has 2 aromatic heterocycles. The molecule has 1 saturated heterocycles. The Bertz CT molecular complexity index is 928. The molecule has 29 heavy (non-hydrogen) atoms. The molecule has 0 N–H and O–H groups in total. The zero-order valence-electron chi connectivity index (χ0n) is 18.1. The van der Waals surface area contributed by atoms with Crippen molar-refractivity contribution in [3.63, 3.8) is 0 Å². The Balaban J connectivity index is 2.12. The van der Waals surface area contributed by atoms with Gasteiger partial charge in [-0.05, 0) is 25.8 Å². The minimum absolute atomic E-state index is 0.0669. The fraction of sp³-hybridized carbons (Fsp3) is 0.571. The van der Waals surface area contributed by atoms with Gasteiger partial charge < -0.3 is 19.1 Å². The number of anilines is 1. The van der Waals surface area contributed by atoms with Gasteiger partial charge in [-0.2, -0.15) is 0 Å². The highest BCUT2D eigenvalue weighted by atomic mass is 16.5. The van der Waals surface area contributed by atoms with E-state index in [4.69, 9.17) is 19.2 Å². The maximum absolute atomic E-state index is 13.5. The minimum atomic E-state index is -0.0695. The summed E-state index contributed by atoms with van der Waals surface area (Å²) >= 11 is 0. The Hall–Kier alpha value is -2.45.